The molecule has 0 spiro atoms. The van der Waals surface area contributed by atoms with Crippen LogP contribution in [-0.4, -0.2) is 60.1 Å². The van der Waals surface area contributed by atoms with E-state index in [9.17, 15) is 14.7 Å². The van der Waals surface area contributed by atoms with Crippen molar-refractivity contribution in [3.05, 3.63) is 29.8 Å². The lowest BCUT2D eigenvalue weighted by Crippen LogP contribution is -2.52. The summed E-state index contributed by atoms with van der Waals surface area (Å²) in [7, 11) is 1.67. The van der Waals surface area contributed by atoms with Gasteiger partial charge in [0.25, 0.3) is 0 Å². The van der Waals surface area contributed by atoms with Gasteiger partial charge in [0.05, 0.1) is 18.9 Å². The Morgan fingerprint density at radius 2 is 1.81 bits per heavy atom. The fraction of sp³-hybridized carbons (Fsp3) is 0.619. The van der Waals surface area contributed by atoms with Gasteiger partial charge in [-0.3, -0.25) is 14.5 Å². The molecule has 6 nitrogen and oxygen atoms in total. The molecule has 1 N–H and O–H groups in total. The van der Waals surface area contributed by atoms with Crippen molar-refractivity contribution in [3.8, 4) is 5.75 Å². The SMILES string of the molecule is COc1cccc(CN2CCN(C(=O)[C@@H]3[C@H]4CC[C@@H](C4)[C@@H]3C(=O)O)CC2)c1. The number of carbonyl (C=O) groups is 2. The molecule has 2 saturated carbocycles. The minimum absolute atomic E-state index is 0.0793. The molecule has 1 heterocycles. The van der Waals surface area contributed by atoms with E-state index >= 15 is 0 Å². The zero-order valence-electron chi connectivity index (χ0n) is 15.8. The lowest BCUT2D eigenvalue weighted by molar-refractivity contribution is -0.153. The second-order valence-corrected chi connectivity index (χ2v) is 8.18. The first-order valence-electron chi connectivity index (χ1n) is 9.93. The van der Waals surface area contributed by atoms with Crippen molar-refractivity contribution < 1.29 is 19.4 Å². The second-order valence-electron chi connectivity index (χ2n) is 8.18. The molecule has 2 bridgehead atoms. The van der Waals surface area contributed by atoms with Crippen LogP contribution in [0.25, 0.3) is 0 Å². The van der Waals surface area contributed by atoms with E-state index in [1.54, 1.807) is 7.11 Å². The van der Waals surface area contributed by atoms with Crippen molar-refractivity contribution >= 4 is 11.9 Å². The molecule has 1 amide bonds. The summed E-state index contributed by atoms with van der Waals surface area (Å²) in [5.74, 6) is -0.128. The highest BCUT2D eigenvalue weighted by Crippen LogP contribution is 2.53. The molecule has 1 aromatic carbocycles. The number of ether oxygens (including phenoxy) is 1. The molecule has 0 aromatic heterocycles. The highest BCUT2D eigenvalue weighted by atomic mass is 16.5. The van der Waals surface area contributed by atoms with E-state index in [2.05, 4.69) is 11.0 Å². The number of rotatable bonds is 5. The van der Waals surface area contributed by atoms with Gasteiger partial charge in [-0.25, -0.2) is 0 Å². The van der Waals surface area contributed by atoms with E-state index in [-0.39, 0.29) is 23.7 Å². The number of carbonyl (C=O) groups excluding carboxylic acids is 1. The van der Waals surface area contributed by atoms with Crippen LogP contribution in [0.3, 0.4) is 0 Å². The van der Waals surface area contributed by atoms with E-state index in [4.69, 9.17) is 4.74 Å². The van der Waals surface area contributed by atoms with Crippen molar-refractivity contribution in [2.75, 3.05) is 33.3 Å². The number of carboxylic acids is 1. The first-order chi connectivity index (χ1) is 13.1. The zero-order chi connectivity index (χ0) is 19.0. The number of aliphatic carboxylic acids is 1. The maximum atomic E-state index is 13.1. The van der Waals surface area contributed by atoms with Gasteiger partial charge in [-0.15, -0.1) is 0 Å². The predicted molar refractivity (Wildman–Crippen MR) is 100 cm³/mol. The third-order valence-corrected chi connectivity index (χ3v) is 6.71. The Morgan fingerprint density at radius 1 is 1.11 bits per heavy atom. The summed E-state index contributed by atoms with van der Waals surface area (Å²) in [4.78, 5) is 29.0. The van der Waals surface area contributed by atoms with Gasteiger partial charge < -0.3 is 14.7 Å². The van der Waals surface area contributed by atoms with Crippen LogP contribution in [0.15, 0.2) is 24.3 Å². The molecule has 3 aliphatic rings. The van der Waals surface area contributed by atoms with Crippen molar-refractivity contribution in [1.82, 2.24) is 9.80 Å². The minimum atomic E-state index is -0.780. The molecule has 1 aliphatic heterocycles. The number of carboxylic acid groups (broad SMARTS) is 1. The first-order valence-corrected chi connectivity index (χ1v) is 9.93. The number of nitrogens with zero attached hydrogens (tertiary/aromatic N) is 2. The van der Waals surface area contributed by atoms with Gasteiger partial charge in [-0.2, -0.15) is 0 Å². The molecule has 2 aliphatic carbocycles. The average Bonchev–Trinajstić information content (AvgIpc) is 3.29. The summed E-state index contributed by atoms with van der Waals surface area (Å²) in [5.41, 5.74) is 1.20. The van der Waals surface area contributed by atoms with E-state index < -0.39 is 11.9 Å². The van der Waals surface area contributed by atoms with Crippen LogP contribution in [0.4, 0.5) is 0 Å². The molecule has 1 aromatic rings. The molecule has 3 fully saturated rings. The molecule has 146 valence electrons. The fourth-order valence-electron chi connectivity index (χ4n) is 5.37. The van der Waals surface area contributed by atoms with Crippen molar-refractivity contribution in [1.29, 1.82) is 0 Å². The summed E-state index contributed by atoms with van der Waals surface area (Å²) < 4.78 is 5.28. The largest absolute Gasteiger partial charge is 0.497 e. The monoisotopic (exact) mass is 372 g/mol. The first kappa shape index (κ1) is 18.3. The van der Waals surface area contributed by atoms with Gasteiger partial charge in [-0.05, 0) is 48.8 Å². The summed E-state index contributed by atoms with van der Waals surface area (Å²) in [6.45, 7) is 3.85. The summed E-state index contributed by atoms with van der Waals surface area (Å²) in [5, 5.41) is 9.61. The van der Waals surface area contributed by atoms with Gasteiger partial charge in [-0.1, -0.05) is 12.1 Å². The molecule has 4 rings (SSSR count). The molecular formula is C21H28N2O4. The lowest BCUT2D eigenvalue weighted by Gasteiger charge is -2.38. The molecule has 0 unspecified atom stereocenters. The molecule has 27 heavy (non-hydrogen) atoms. The average molecular weight is 372 g/mol. The zero-order valence-corrected chi connectivity index (χ0v) is 15.8. The highest BCUT2D eigenvalue weighted by molar-refractivity contribution is 5.86. The second kappa shape index (κ2) is 7.50. The Kier molecular flexibility index (Phi) is 5.08. The summed E-state index contributed by atoms with van der Waals surface area (Å²) in [6, 6.07) is 8.07. The molecular weight excluding hydrogens is 344 g/mol. The molecule has 4 atom stereocenters. The van der Waals surface area contributed by atoms with Gasteiger partial charge in [0, 0.05) is 32.7 Å². The Hall–Kier alpha value is -2.08. The Bertz CT molecular complexity index is 714. The maximum Gasteiger partial charge on any atom is 0.307 e. The van der Waals surface area contributed by atoms with Crippen molar-refractivity contribution in [2.45, 2.75) is 25.8 Å². The maximum absolute atomic E-state index is 13.1. The quantitative estimate of drug-likeness (QED) is 0.857. The normalized spacial score (nSPS) is 30.5. The van der Waals surface area contributed by atoms with E-state index in [0.29, 0.717) is 13.1 Å². The van der Waals surface area contributed by atoms with Crippen molar-refractivity contribution in [2.24, 2.45) is 23.7 Å². The number of hydrogen-bond donors (Lipinski definition) is 1. The Labute approximate surface area is 160 Å². The van der Waals surface area contributed by atoms with E-state index in [1.165, 1.54) is 5.56 Å². The van der Waals surface area contributed by atoms with Gasteiger partial charge in [0.15, 0.2) is 0 Å². The van der Waals surface area contributed by atoms with Crippen LogP contribution >= 0.6 is 0 Å². The molecule has 1 saturated heterocycles. The fourth-order valence-corrected chi connectivity index (χ4v) is 5.37. The summed E-state index contributed by atoms with van der Waals surface area (Å²) >= 11 is 0. The minimum Gasteiger partial charge on any atom is -0.497 e. The number of hydrogen-bond acceptors (Lipinski definition) is 4. The van der Waals surface area contributed by atoms with Crippen LogP contribution in [0, 0.1) is 23.7 Å². The van der Waals surface area contributed by atoms with Crippen LogP contribution in [0.5, 0.6) is 5.75 Å². The third-order valence-electron chi connectivity index (χ3n) is 6.71. The topological polar surface area (TPSA) is 70.1 Å². The van der Waals surface area contributed by atoms with Crippen LogP contribution in [-0.2, 0) is 16.1 Å². The van der Waals surface area contributed by atoms with Crippen molar-refractivity contribution in [3.63, 3.8) is 0 Å². The number of fused-ring (bicyclic) bond motifs is 2. The van der Waals surface area contributed by atoms with Crippen LogP contribution in [0.1, 0.15) is 24.8 Å². The third kappa shape index (κ3) is 3.55. The van der Waals surface area contributed by atoms with E-state index in [1.807, 2.05) is 23.1 Å². The Morgan fingerprint density at radius 3 is 2.48 bits per heavy atom. The van der Waals surface area contributed by atoms with Crippen LogP contribution < -0.4 is 4.74 Å². The van der Waals surface area contributed by atoms with Gasteiger partial charge in [0.1, 0.15) is 5.75 Å². The lowest BCUT2D eigenvalue weighted by atomic mass is 9.78. The number of piperazine rings is 1. The number of amides is 1. The number of benzene rings is 1. The van der Waals surface area contributed by atoms with Gasteiger partial charge >= 0.3 is 5.97 Å². The smallest absolute Gasteiger partial charge is 0.307 e. The van der Waals surface area contributed by atoms with Gasteiger partial charge in [0.2, 0.25) is 5.91 Å². The standard InChI is InChI=1S/C21H28N2O4/c1-27-17-4-2-3-14(11-17)13-22-7-9-23(10-8-22)20(24)18-15-5-6-16(12-15)19(18)21(25)26/h2-4,11,15-16,18-19H,5-10,12-13H2,1H3,(H,25,26)/t15-,16-,18+,19-/m0/s1. The predicted octanol–water partition coefficient (Wildman–Crippen LogP) is 2.09. The van der Waals surface area contributed by atoms with E-state index in [0.717, 1.165) is 44.6 Å². The highest BCUT2D eigenvalue weighted by Gasteiger charge is 2.54. The number of methoxy groups -OCH3 is 1. The molecule has 6 heteroatoms. The van der Waals surface area contributed by atoms with Crippen LogP contribution in [0.2, 0.25) is 0 Å². The summed E-state index contributed by atoms with van der Waals surface area (Å²) in [6.07, 6.45) is 2.91. The molecule has 0 radical (unpaired) electrons. The Balaban J connectivity index is 1.35.